The second-order valence-corrected chi connectivity index (χ2v) is 7.26. The van der Waals surface area contributed by atoms with Gasteiger partial charge in [0.05, 0.1) is 11.1 Å². The van der Waals surface area contributed by atoms with Crippen molar-refractivity contribution in [1.29, 1.82) is 0 Å². The summed E-state index contributed by atoms with van der Waals surface area (Å²) in [5, 5.41) is 0. The van der Waals surface area contributed by atoms with Crippen molar-refractivity contribution in [3.8, 4) is 11.5 Å². The highest BCUT2D eigenvalue weighted by molar-refractivity contribution is 5.92. The van der Waals surface area contributed by atoms with Gasteiger partial charge in [0.1, 0.15) is 17.3 Å². The number of unbranched alkanes of at least 4 members (excludes halogenated alkanes) is 3. The van der Waals surface area contributed by atoms with Gasteiger partial charge in [0.25, 0.3) is 0 Å². The quantitative estimate of drug-likeness (QED) is 0.229. The summed E-state index contributed by atoms with van der Waals surface area (Å²) in [6.07, 6.45) is 5.87. The maximum atomic E-state index is 13.0. The zero-order chi connectivity index (χ0) is 22.1. The summed E-state index contributed by atoms with van der Waals surface area (Å²) < 4.78 is 23.6. The molecule has 3 aromatic rings. The molecule has 0 unspecified atom stereocenters. The SMILES string of the molecule is CCCCCCc1ccc(OC(=O)c2ccc(OC(=O)c3ccc(F)cc3)cc2)cc1. The van der Waals surface area contributed by atoms with Crippen LogP contribution in [-0.2, 0) is 6.42 Å². The minimum Gasteiger partial charge on any atom is -0.423 e. The van der Waals surface area contributed by atoms with Gasteiger partial charge in [-0.05, 0) is 79.1 Å². The van der Waals surface area contributed by atoms with Crippen LogP contribution in [0.2, 0.25) is 0 Å². The lowest BCUT2D eigenvalue weighted by Crippen LogP contribution is -2.10. The van der Waals surface area contributed by atoms with Gasteiger partial charge >= 0.3 is 11.9 Å². The molecule has 31 heavy (non-hydrogen) atoms. The Hall–Kier alpha value is -3.47. The Morgan fingerprint density at radius 1 is 0.677 bits per heavy atom. The minimum atomic E-state index is -0.606. The van der Waals surface area contributed by atoms with Gasteiger partial charge in [-0.3, -0.25) is 0 Å². The molecule has 0 bridgehead atoms. The van der Waals surface area contributed by atoms with E-state index < -0.39 is 17.8 Å². The van der Waals surface area contributed by atoms with Gasteiger partial charge < -0.3 is 9.47 Å². The molecule has 0 N–H and O–H groups in total. The van der Waals surface area contributed by atoms with Crippen LogP contribution in [0.1, 0.15) is 58.9 Å². The van der Waals surface area contributed by atoms with Crippen LogP contribution in [0, 0.1) is 5.82 Å². The predicted octanol–water partition coefficient (Wildman–Crippen LogP) is 6.39. The van der Waals surface area contributed by atoms with E-state index in [4.69, 9.17) is 9.47 Å². The Morgan fingerprint density at radius 3 is 1.68 bits per heavy atom. The Bertz CT molecular complexity index is 993. The zero-order valence-corrected chi connectivity index (χ0v) is 17.5. The molecule has 0 radical (unpaired) electrons. The van der Waals surface area contributed by atoms with Crippen molar-refractivity contribution in [3.63, 3.8) is 0 Å². The summed E-state index contributed by atoms with van der Waals surface area (Å²) in [6.45, 7) is 2.19. The number of halogens is 1. The van der Waals surface area contributed by atoms with Crippen molar-refractivity contribution in [1.82, 2.24) is 0 Å². The molecular formula is C26H25FO4. The van der Waals surface area contributed by atoms with Crippen molar-refractivity contribution in [3.05, 3.63) is 95.3 Å². The first-order valence-electron chi connectivity index (χ1n) is 10.4. The van der Waals surface area contributed by atoms with E-state index in [9.17, 15) is 14.0 Å². The summed E-state index contributed by atoms with van der Waals surface area (Å²) in [5.41, 5.74) is 1.80. The number of carbonyl (C=O) groups excluding carboxylic acids is 2. The third kappa shape index (κ3) is 6.78. The van der Waals surface area contributed by atoms with Crippen molar-refractivity contribution in [2.45, 2.75) is 39.0 Å². The lowest BCUT2D eigenvalue weighted by molar-refractivity contribution is 0.0730. The molecule has 0 aliphatic carbocycles. The van der Waals surface area contributed by atoms with Crippen molar-refractivity contribution >= 4 is 11.9 Å². The Balaban J connectivity index is 1.52. The topological polar surface area (TPSA) is 52.6 Å². The van der Waals surface area contributed by atoms with E-state index >= 15 is 0 Å². The number of esters is 2. The first-order valence-corrected chi connectivity index (χ1v) is 10.4. The van der Waals surface area contributed by atoms with Crippen LogP contribution < -0.4 is 9.47 Å². The van der Waals surface area contributed by atoms with Gasteiger partial charge in [0.2, 0.25) is 0 Å². The van der Waals surface area contributed by atoms with Crippen molar-refractivity contribution < 1.29 is 23.5 Å². The smallest absolute Gasteiger partial charge is 0.343 e. The van der Waals surface area contributed by atoms with Crippen LogP contribution >= 0.6 is 0 Å². The van der Waals surface area contributed by atoms with E-state index in [2.05, 4.69) is 6.92 Å². The minimum absolute atomic E-state index is 0.235. The van der Waals surface area contributed by atoms with Crippen LogP contribution in [0.3, 0.4) is 0 Å². The van der Waals surface area contributed by atoms with E-state index in [-0.39, 0.29) is 11.3 Å². The number of rotatable bonds is 9. The van der Waals surface area contributed by atoms with Gasteiger partial charge in [0, 0.05) is 0 Å². The fourth-order valence-electron chi connectivity index (χ4n) is 3.06. The third-order valence-electron chi connectivity index (χ3n) is 4.83. The molecule has 0 fully saturated rings. The lowest BCUT2D eigenvalue weighted by Gasteiger charge is -2.07. The molecule has 0 heterocycles. The van der Waals surface area contributed by atoms with Crippen LogP contribution in [0.4, 0.5) is 4.39 Å². The fourth-order valence-corrected chi connectivity index (χ4v) is 3.06. The first-order chi connectivity index (χ1) is 15.0. The highest BCUT2D eigenvalue weighted by Crippen LogP contribution is 2.19. The molecule has 0 atom stereocenters. The second kappa shape index (κ2) is 11.1. The van der Waals surface area contributed by atoms with Crippen molar-refractivity contribution in [2.75, 3.05) is 0 Å². The molecule has 5 heteroatoms. The number of aryl methyl sites for hydroxylation is 1. The highest BCUT2D eigenvalue weighted by Gasteiger charge is 2.12. The van der Waals surface area contributed by atoms with Crippen LogP contribution in [-0.4, -0.2) is 11.9 Å². The predicted molar refractivity (Wildman–Crippen MR) is 117 cm³/mol. The van der Waals surface area contributed by atoms with E-state index in [1.807, 2.05) is 12.1 Å². The maximum absolute atomic E-state index is 13.0. The zero-order valence-electron chi connectivity index (χ0n) is 17.5. The first kappa shape index (κ1) is 22.2. The van der Waals surface area contributed by atoms with Gasteiger partial charge in [0.15, 0.2) is 0 Å². The molecule has 0 saturated carbocycles. The van der Waals surface area contributed by atoms with E-state index in [0.717, 1.165) is 12.8 Å². The molecule has 0 aliphatic rings. The monoisotopic (exact) mass is 420 g/mol. The van der Waals surface area contributed by atoms with Gasteiger partial charge in [-0.2, -0.15) is 0 Å². The van der Waals surface area contributed by atoms with E-state index in [1.165, 1.54) is 73.4 Å². The van der Waals surface area contributed by atoms with Crippen LogP contribution in [0.25, 0.3) is 0 Å². The highest BCUT2D eigenvalue weighted by atomic mass is 19.1. The van der Waals surface area contributed by atoms with Gasteiger partial charge in [-0.25, -0.2) is 14.0 Å². The van der Waals surface area contributed by atoms with E-state index in [1.54, 1.807) is 12.1 Å². The van der Waals surface area contributed by atoms with Gasteiger partial charge in [-0.15, -0.1) is 0 Å². The summed E-state index contributed by atoms with van der Waals surface area (Å²) in [6, 6.07) is 18.7. The van der Waals surface area contributed by atoms with E-state index in [0.29, 0.717) is 11.3 Å². The summed E-state index contributed by atoms with van der Waals surface area (Å²) >= 11 is 0. The molecule has 3 rings (SSSR count). The third-order valence-corrected chi connectivity index (χ3v) is 4.83. The Kier molecular flexibility index (Phi) is 7.93. The largest absolute Gasteiger partial charge is 0.423 e. The molecule has 0 aromatic heterocycles. The molecule has 0 aliphatic heterocycles. The Labute approximate surface area is 181 Å². The normalized spacial score (nSPS) is 10.5. The average Bonchev–Trinajstić information content (AvgIpc) is 2.78. The standard InChI is InChI=1S/C26H25FO4/c1-2-3-4-5-6-19-7-15-23(16-8-19)30-26(29)21-11-17-24(18-12-21)31-25(28)20-9-13-22(27)14-10-20/h7-18H,2-6H2,1H3. The molecule has 0 amide bonds. The number of benzene rings is 3. The molecule has 3 aromatic carbocycles. The maximum Gasteiger partial charge on any atom is 0.343 e. The average molecular weight is 420 g/mol. The Morgan fingerprint density at radius 2 is 1.16 bits per heavy atom. The van der Waals surface area contributed by atoms with Crippen molar-refractivity contribution in [2.24, 2.45) is 0 Å². The molecule has 160 valence electrons. The number of carbonyl (C=O) groups is 2. The van der Waals surface area contributed by atoms with Gasteiger partial charge in [-0.1, -0.05) is 38.3 Å². The number of hydrogen-bond acceptors (Lipinski definition) is 4. The van der Waals surface area contributed by atoms with Crippen LogP contribution in [0.15, 0.2) is 72.8 Å². The number of ether oxygens (including phenoxy) is 2. The summed E-state index contributed by atoms with van der Waals surface area (Å²) in [4.78, 5) is 24.4. The number of hydrogen-bond donors (Lipinski definition) is 0. The molecule has 0 saturated heterocycles. The lowest BCUT2D eigenvalue weighted by atomic mass is 10.1. The summed E-state index contributed by atoms with van der Waals surface area (Å²) in [7, 11) is 0. The van der Waals surface area contributed by atoms with Crippen LogP contribution in [0.5, 0.6) is 11.5 Å². The fraction of sp³-hybridized carbons (Fsp3) is 0.231. The second-order valence-electron chi connectivity index (χ2n) is 7.26. The molecule has 0 spiro atoms. The molecule has 4 nitrogen and oxygen atoms in total. The molecular weight excluding hydrogens is 395 g/mol. The summed E-state index contributed by atoms with van der Waals surface area (Å²) in [5.74, 6) is -0.773.